The Morgan fingerprint density at radius 3 is 2.38 bits per heavy atom. The van der Waals surface area contributed by atoms with Crippen LogP contribution >= 0.6 is 0 Å². The van der Waals surface area contributed by atoms with E-state index in [1.165, 1.54) is 20.1 Å². The van der Waals surface area contributed by atoms with Crippen LogP contribution in [0.5, 0.6) is 17.2 Å². The van der Waals surface area contributed by atoms with Crippen LogP contribution < -0.4 is 24.8 Å². The highest BCUT2D eigenvalue weighted by molar-refractivity contribution is 6.03. The molecule has 0 saturated heterocycles. The number of hydrogen-bond donors (Lipinski definition) is 2. The Morgan fingerprint density at radius 2 is 1.72 bits per heavy atom. The molecule has 152 valence electrons. The number of hydrogen-bond acceptors (Lipinski definition) is 5. The van der Waals surface area contributed by atoms with E-state index in [0.29, 0.717) is 35.2 Å². The Morgan fingerprint density at radius 1 is 1.00 bits per heavy atom. The van der Waals surface area contributed by atoms with E-state index in [1.807, 2.05) is 6.07 Å². The molecule has 0 saturated carbocycles. The molecule has 0 aliphatic heterocycles. The number of amides is 2. The Bertz CT molecular complexity index is 921. The zero-order chi connectivity index (χ0) is 21.2. The number of benzene rings is 2. The van der Waals surface area contributed by atoms with Gasteiger partial charge in [-0.05, 0) is 42.0 Å². The molecule has 0 unspecified atom stereocenters. The summed E-state index contributed by atoms with van der Waals surface area (Å²) in [7, 11) is 3.05. The number of rotatable bonds is 9. The van der Waals surface area contributed by atoms with Gasteiger partial charge in [-0.2, -0.15) is 0 Å². The highest BCUT2D eigenvalue weighted by atomic mass is 16.5. The normalized spacial score (nSPS) is 10.3. The van der Waals surface area contributed by atoms with E-state index in [0.717, 1.165) is 5.56 Å². The lowest BCUT2D eigenvalue weighted by Crippen LogP contribution is -2.10. The van der Waals surface area contributed by atoms with Gasteiger partial charge in [-0.3, -0.25) is 9.59 Å². The second kappa shape index (κ2) is 10.6. The fourth-order valence-corrected chi connectivity index (χ4v) is 2.49. The quantitative estimate of drug-likeness (QED) is 0.496. The average Bonchev–Trinajstić information content (AvgIpc) is 2.70. The maximum absolute atomic E-state index is 12.3. The van der Waals surface area contributed by atoms with E-state index >= 15 is 0 Å². The van der Waals surface area contributed by atoms with Crippen molar-refractivity contribution < 1.29 is 23.8 Å². The van der Waals surface area contributed by atoms with Crippen LogP contribution in [0, 0.1) is 0 Å². The molecule has 2 aromatic carbocycles. The first kappa shape index (κ1) is 21.6. The summed E-state index contributed by atoms with van der Waals surface area (Å²) >= 11 is 0. The smallest absolute Gasteiger partial charge is 0.248 e. The van der Waals surface area contributed by atoms with Crippen LogP contribution in [0.3, 0.4) is 0 Å². The van der Waals surface area contributed by atoms with Gasteiger partial charge in [-0.25, -0.2) is 0 Å². The molecule has 0 atom stereocenters. The molecule has 7 nitrogen and oxygen atoms in total. The molecule has 0 fully saturated rings. The first-order valence-corrected chi connectivity index (χ1v) is 8.83. The average molecular weight is 396 g/mol. The number of ether oxygens (including phenoxy) is 3. The molecule has 2 rings (SSSR count). The van der Waals surface area contributed by atoms with Crippen LogP contribution in [0.4, 0.5) is 11.4 Å². The number of nitrogens with one attached hydrogen (secondary N) is 2. The Hall–Kier alpha value is -3.74. The summed E-state index contributed by atoms with van der Waals surface area (Å²) in [5.41, 5.74) is 1.76. The minimum absolute atomic E-state index is 0.207. The molecule has 0 spiro atoms. The van der Waals surface area contributed by atoms with Gasteiger partial charge in [-0.15, -0.1) is 0 Å². The van der Waals surface area contributed by atoms with Gasteiger partial charge in [0.1, 0.15) is 12.4 Å². The lowest BCUT2D eigenvalue weighted by Gasteiger charge is -2.11. The molecule has 0 radical (unpaired) electrons. The zero-order valence-corrected chi connectivity index (χ0v) is 16.7. The number of carbonyl (C=O) groups is 2. The fraction of sp³-hybridized carbons (Fsp3) is 0.182. The van der Waals surface area contributed by atoms with Crippen molar-refractivity contribution in [3.8, 4) is 17.2 Å². The van der Waals surface area contributed by atoms with Gasteiger partial charge in [0.2, 0.25) is 11.8 Å². The molecule has 0 aliphatic carbocycles. The highest BCUT2D eigenvalue weighted by Gasteiger charge is 2.08. The topological polar surface area (TPSA) is 85.9 Å². The maximum atomic E-state index is 12.3. The summed E-state index contributed by atoms with van der Waals surface area (Å²) in [5.74, 6) is 1.06. The minimum Gasteiger partial charge on any atom is -0.495 e. The van der Waals surface area contributed by atoms with E-state index in [4.69, 9.17) is 14.2 Å². The third-order valence-electron chi connectivity index (χ3n) is 3.75. The number of carbonyl (C=O) groups excluding carboxylic acids is 2. The SMILES string of the molecule is C=CCOc1ccc(/C=C/C(=O)Nc2cc(NC(C)=O)ccc2OC)cc1OC. The van der Waals surface area contributed by atoms with Crippen LogP contribution in [0.15, 0.2) is 55.1 Å². The van der Waals surface area contributed by atoms with Gasteiger partial charge in [-0.1, -0.05) is 18.7 Å². The van der Waals surface area contributed by atoms with Crippen molar-refractivity contribution in [2.45, 2.75) is 6.92 Å². The molecule has 0 aliphatic rings. The molecule has 7 heteroatoms. The van der Waals surface area contributed by atoms with Gasteiger partial charge in [0.05, 0.1) is 19.9 Å². The summed E-state index contributed by atoms with van der Waals surface area (Å²) in [6.45, 7) is 5.39. The largest absolute Gasteiger partial charge is 0.495 e. The van der Waals surface area contributed by atoms with E-state index in [2.05, 4.69) is 17.2 Å². The van der Waals surface area contributed by atoms with Gasteiger partial charge in [0.15, 0.2) is 11.5 Å². The molecule has 2 aromatic rings. The molecular formula is C22H24N2O5. The number of methoxy groups -OCH3 is 2. The molecule has 0 heterocycles. The van der Waals surface area contributed by atoms with E-state index < -0.39 is 0 Å². The monoisotopic (exact) mass is 396 g/mol. The minimum atomic E-state index is -0.353. The first-order valence-electron chi connectivity index (χ1n) is 8.83. The van der Waals surface area contributed by atoms with Crippen LogP contribution in [-0.2, 0) is 9.59 Å². The predicted octanol–water partition coefficient (Wildman–Crippen LogP) is 3.88. The van der Waals surface area contributed by atoms with E-state index in [-0.39, 0.29) is 11.8 Å². The second-order valence-electron chi connectivity index (χ2n) is 5.93. The van der Waals surface area contributed by atoms with Crippen molar-refractivity contribution in [3.05, 3.63) is 60.7 Å². The van der Waals surface area contributed by atoms with Crippen molar-refractivity contribution >= 4 is 29.3 Å². The summed E-state index contributed by atoms with van der Waals surface area (Å²) < 4.78 is 16.1. The number of anilines is 2. The van der Waals surface area contributed by atoms with Crippen LogP contribution in [0.1, 0.15) is 12.5 Å². The van der Waals surface area contributed by atoms with E-state index in [9.17, 15) is 9.59 Å². The standard InChI is InChI=1S/C22H24N2O5/c1-5-12-29-20-9-6-16(13-21(20)28-4)7-11-22(26)24-18-14-17(23-15(2)25)8-10-19(18)27-3/h5-11,13-14H,1,12H2,2-4H3,(H,23,25)(H,24,26)/b11-7+. The summed E-state index contributed by atoms with van der Waals surface area (Å²) in [4.78, 5) is 23.6. The van der Waals surface area contributed by atoms with Crippen LogP contribution in [0.25, 0.3) is 6.08 Å². The zero-order valence-electron chi connectivity index (χ0n) is 16.7. The fourth-order valence-electron chi connectivity index (χ4n) is 2.49. The van der Waals surface area contributed by atoms with Crippen molar-refractivity contribution in [3.63, 3.8) is 0 Å². The molecule has 0 bridgehead atoms. The van der Waals surface area contributed by atoms with Gasteiger partial charge < -0.3 is 24.8 Å². The van der Waals surface area contributed by atoms with Gasteiger partial charge in [0.25, 0.3) is 0 Å². The van der Waals surface area contributed by atoms with Gasteiger partial charge >= 0.3 is 0 Å². The van der Waals surface area contributed by atoms with Crippen LogP contribution in [-0.4, -0.2) is 32.6 Å². The Kier molecular flexibility index (Phi) is 7.85. The molecule has 29 heavy (non-hydrogen) atoms. The third-order valence-corrected chi connectivity index (χ3v) is 3.75. The van der Waals surface area contributed by atoms with Crippen molar-refractivity contribution in [2.75, 3.05) is 31.5 Å². The Balaban J connectivity index is 2.13. The molecule has 2 N–H and O–H groups in total. The summed E-state index contributed by atoms with van der Waals surface area (Å²) in [6.07, 6.45) is 4.69. The lowest BCUT2D eigenvalue weighted by molar-refractivity contribution is -0.114. The first-order chi connectivity index (χ1) is 14.0. The molecule has 0 aromatic heterocycles. The Labute approximate surface area is 170 Å². The van der Waals surface area contributed by atoms with Crippen LogP contribution in [0.2, 0.25) is 0 Å². The van der Waals surface area contributed by atoms with Gasteiger partial charge in [0, 0.05) is 18.7 Å². The maximum Gasteiger partial charge on any atom is 0.248 e. The summed E-state index contributed by atoms with van der Waals surface area (Å²) in [5, 5.41) is 5.41. The van der Waals surface area contributed by atoms with E-state index in [1.54, 1.807) is 49.6 Å². The second-order valence-corrected chi connectivity index (χ2v) is 5.93. The predicted molar refractivity (Wildman–Crippen MR) is 114 cm³/mol. The highest BCUT2D eigenvalue weighted by Crippen LogP contribution is 2.29. The molecule has 2 amide bonds. The summed E-state index contributed by atoms with van der Waals surface area (Å²) in [6, 6.07) is 10.3. The van der Waals surface area contributed by atoms with Crippen molar-refractivity contribution in [1.29, 1.82) is 0 Å². The lowest BCUT2D eigenvalue weighted by atomic mass is 10.2. The van der Waals surface area contributed by atoms with Crippen molar-refractivity contribution in [2.24, 2.45) is 0 Å². The molecular weight excluding hydrogens is 372 g/mol. The van der Waals surface area contributed by atoms with Crippen molar-refractivity contribution in [1.82, 2.24) is 0 Å². The third kappa shape index (κ3) is 6.42.